The van der Waals surface area contributed by atoms with Crippen LogP contribution < -0.4 is 5.32 Å². The number of carbonyl (C=O) groups is 1. The zero-order chi connectivity index (χ0) is 24.6. The topological polar surface area (TPSA) is 29.1 Å². The third kappa shape index (κ3) is 5.32. The molecule has 0 radical (unpaired) electrons. The number of nitrogens with one attached hydrogen (secondary N) is 1. The lowest BCUT2D eigenvalue weighted by Gasteiger charge is -2.20. The Morgan fingerprint density at radius 2 is 1.79 bits per heavy atom. The van der Waals surface area contributed by atoms with E-state index in [1.54, 1.807) is 25.1 Å². The van der Waals surface area contributed by atoms with Crippen LogP contribution in [-0.2, 0) is 11.5 Å². The standard InChI is InChI=1S/C26H21BrF5NO/c1-14-8-17(4-7-23(14)29)24(16-2-3-16)33-25(34)19-10-15(13-27)9-18(11-19)21-6-5-20(28)12-22(21)26(30,31)32/h4-12,16,24H,2-3,13H2,1H3,(H,33,34). The van der Waals surface area contributed by atoms with E-state index in [0.717, 1.165) is 30.5 Å². The van der Waals surface area contributed by atoms with Crippen molar-refractivity contribution in [1.82, 2.24) is 5.32 Å². The smallest absolute Gasteiger partial charge is 0.345 e. The van der Waals surface area contributed by atoms with Crippen LogP contribution in [0.25, 0.3) is 11.1 Å². The lowest BCUT2D eigenvalue weighted by Crippen LogP contribution is -2.30. The molecule has 0 aromatic heterocycles. The van der Waals surface area contributed by atoms with Gasteiger partial charge in [-0.1, -0.05) is 40.2 Å². The molecule has 0 bridgehead atoms. The van der Waals surface area contributed by atoms with Gasteiger partial charge in [0.05, 0.1) is 11.6 Å². The van der Waals surface area contributed by atoms with Crippen LogP contribution in [0.4, 0.5) is 22.0 Å². The number of hydrogen-bond donors (Lipinski definition) is 1. The van der Waals surface area contributed by atoms with Gasteiger partial charge in [-0.3, -0.25) is 4.79 Å². The first-order valence-electron chi connectivity index (χ1n) is 10.7. The number of carbonyl (C=O) groups excluding carboxylic acids is 1. The van der Waals surface area contributed by atoms with E-state index in [9.17, 15) is 26.7 Å². The highest BCUT2D eigenvalue weighted by molar-refractivity contribution is 9.08. The maximum Gasteiger partial charge on any atom is 0.417 e. The highest BCUT2D eigenvalue weighted by Crippen LogP contribution is 2.42. The summed E-state index contributed by atoms with van der Waals surface area (Å²) >= 11 is 3.30. The zero-order valence-electron chi connectivity index (χ0n) is 18.1. The Kier molecular flexibility index (Phi) is 6.80. The van der Waals surface area contributed by atoms with E-state index in [0.29, 0.717) is 22.5 Å². The van der Waals surface area contributed by atoms with Crippen LogP contribution in [0.5, 0.6) is 0 Å². The molecule has 1 N–H and O–H groups in total. The normalized spacial score (nSPS) is 14.7. The quantitative estimate of drug-likeness (QED) is 0.253. The van der Waals surface area contributed by atoms with Crippen LogP contribution >= 0.6 is 15.9 Å². The van der Waals surface area contributed by atoms with Gasteiger partial charge in [0.2, 0.25) is 0 Å². The number of rotatable bonds is 6. The van der Waals surface area contributed by atoms with Crippen molar-refractivity contribution >= 4 is 21.8 Å². The molecule has 0 heterocycles. The van der Waals surface area contributed by atoms with Crippen molar-refractivity contribution in [3.8, 4) is 11.1 Å². The zero-order valence-corrected chi connectivity index (χ0v) is 19.7. The van der Waals surface area contributed by atoms with Crippen LogP contribution in [0.1, 0.15) is 51.5 Å². The molecular formula is C26H21BrF5NO. The molecule has 0 saturated heterocycles. The van der Waals surface area contributed by atoms with Crippen molar-refractivity contribution in [2.45, 2.75) is 37.3 Å². The van der Waals surface area contributed by atoms with Gasteiger partial charge in [-0.15, -0.1) is 0 Å². The number of alkyl halides is 4. The van der Waals surface area contributed by atoms with E-state index < -0.39 is 23.5 Å². The Hall–Kier alpha value is -2.74. The Morgan fingerprint density at radius 3 is 2.41 bits per heavy atom. The van der Waals surface area contributed by atoms with E-state index in [1.165, 1.54) is 18.2 Å². The molecule has 0 aliphatic heterocycles. The molecular weight excluding hydrogens is 517 g/mol. The van der Waals surface area contributed by atoms with Crippen molar-refractivity contribution in [3.63, 3.8) is 0 Å². The number of aryl methyl sites for hydroxylation is 1. The summed E-state index contributed by atoms with van der Waals surface area (Å²) in [7, 11) is 0. The Morgan fingerprint density at radius 1 is 1.06 bits per heavy atom. The Balaban J connectivity index is 1.71. The summed E-state index contributed by atoms with van der Waals surface area (Å²) in [5.74, 6) is -1.56. The third-order valence-corrected chi connectivity index (χ3v) is 6.58. The van der Waals surface area contributed by atoms with E-state index in [1.807, 2.05) is 0 Å². The predicted molar refractivity (Wildman–Crippen MR) is 124 cm³/mol. The molecule has 1 fully saturated rings. The van der Waals surface area contributed by atoms with Crippen molar-refractivity contribution in [2.24, 2.45) is 5.92 Å². The largest absolute Gasteiger partial charge is 0.417 e. The summed E-state index contributed by atoms with van der Waals surface area (Å²) in [4.78, 5) is 13.2. The van der Waals surface area contributed by atoms with Crippen LogP contribution in [-0.4, -0.2) is 5.91 Å². The van der Waals surface area contributed by atoms with Gasteiger partial charge < -0.3 is 5.32 Å². The monoisotopic (exact) mass is 537 g/mol. The lowest BCUT2D eigenvalue weighted by molar-refractivity contribution is -0.137. The summed E-state index contributed by atoms with van der Waals surface area (Å²) in [6.45, 7) is 1.65. The van der Waals surface area contributed by atoms with Gasteiger partial charge >= 0.3 is 6.18 Å². The van der Waals surface area contributed by atoms with Gasteiger partial charge in [0.1, 0.15) is 11.6 Å². The van der Waals surface area contributed by atoms with Crippen molar-refractivity contribution < 1.29 is 26.7 Å². The van der Waals surface area contributed by atoms with Gasteiger partial charge in [0.25, 0.3) is 5.91 Å². The third-order valence-electron chi connectivity index (χ3n) is 5.93. The van der Waals surface area contributed by atoms with Crippen molar-refractivity contribution in [3.05, 3.63) is 94.0 Å². The Bertz CT molecular complexity index is 1240. The second-order valence-electron chi connectivity index (χ2n) is 8.54. The van der Waals surface area contributed by atoms with Gasteiger partial charge in [-0.25, -0.2) is 8.78 Å². The maximum absolute atomic E-state index is 13.7. The van der Waals surface area contributed by atoms with Crippen LogP contribution in [0.3, 0.4) is 0 Å². The molecule has 178 valence electrons. The Labute approximate surface area is 202 Å². The highest BCUT2D eigenvalue weighted by Gasteiger charge is 2.35. The van der Waals surface area contributed by atoms with Crippen molar-refractivity contribution in [2.75, 3.05) is 0 Å². The van der Waals surface area contributed by atoms with Crippen LogP contribution in [0.2, 0.25) is 0 Å². The fourth-order valence-corrected chi connectivity index (χ4v) is 4.37. The van der Waals surface area contributed by atoms with Gasteiger partial charge in [-0.05, 0) is 83.8 Å². The summed E-state index contributed by atoms with van der Waals surface area (Å²) in [5.41, 5.74) is 0.882. The highest BCUT2D eigenvalue weighted by atomic mass is 79.9. The average Bonchev–Trinajstić information content (AvgIpc) is 3.63. The van der Waals surface area contributed by atoms with Crippen molar-refractivity contribution in [1.29, 1.82) is 0 Å². The van der Waals surface area contributed by atoms with E-state index in [2.05, 4.69) is 21.2 Å². The number of hydrogen-bond acceptors (Lipinski definition) is 1. The molecule has 34 heavy (non-hydrogen) atoms. The summed E-state index contributed by atoms with van der Waals surface area (Å²) in [6.07, 6.45) is -2.93. The second kappa shape index (κ2) is 9.49. The minimum atomic E-state index is -4.76. The predicted octanol–water partition coefficient (Wildman–Crippen LogP) is 7.74. The molecule has 1 aliphatic carbocycles. The first-order valence-corrected chi connectivity index (χ1v) is 11.8. The summed E-state index contributed by atoms with van der Waals surface area (Å²) < 4.78 is 68.1. The molecule has 1 atom stereocenters. The van der Waals surface area contributed by atoms with Gasteiger partial charge in [-0.2, -0.15) is 13.2 Å². The molecule has 0 spiro atoms. The number of benzene rings is 3. The molecule has 1 saturated carbocycles. The fourth-order valence-electron chi connectivity index (χ4n) is 4.05. The first-order chi connectivity index (χ1) is 16.1. The average molecular weight is 538 g/mol. The second-order valence-corrected chi connectivity index (χ2v) is 9.10. The minimum absolute atomic E-state index is 0.162. The molecule has 1 unspecified atom stereocenters. The molecule has 3 aromatic rings. The minimum Gasteiger partial charge on any atom is -0.345 e. The fraction of sp³-hybridized carbons (Fsp3) is 0.269. The van der Waals surface area contributed by atoms with E-state index in [-0.39, 0.29) is 34.5 Å². The summed E-state index contributed by atoms with van der Waals surface area (Å²) in [5, 5.41) is 3.30. The molecule has 4 rings (SSSR count). The lowest BCUT2D eigenvalue weighted by atomic mass is 9.95. The molecule has 3 aromatic carbocycles. The molecule has 2 nitrogen and oxygen atoms in total. The molecule has 1 aliphatic rings. The molecule has 1 amide bonds. The van der Waals surface area contributed by atoms with Gasteiger partial charge in [0.15, 0.2) is 0 Å². The van der Waals surface area contributed by atoms with E-state index in [4.69, 9.17) is 0 Å². The number of amides is 1. The summed E-state index contributed by atoms with van der Waals surface area (Å²) in [6, 6.07) is 11.4. The van der Waals surface area contributed by atoms with Gasteiger partial charge in [0, 0.05) is 10.9 Å². The molecule has 8 heteroatoms. The number of halogens is 6. The van der Waals surface area contributed by atoms with E-state index >= 15 is 0 Å². The first kappa shape index (κ1) is 24.4. The maximum atomic E-state index is 13.7. The van der Waals surface area contributed by atoms with Crippen LogP contribution in [0.15, 0.2) is 54.6 Å². The van der Waals surface area contributed by atoms with Crippen LogP contribution in [0, 0.1) is 24.5 Å². The SMILES string of the molecule is Cc1cc(C(NC(=O)c2cc(CBr)cc(-c3ccc(F)cc3C(F)(F)F)c2)C2CC2)ccc1F.